The van der Waals surface area contributed by atoms with Crippen molar-refractivity contribution in [2.24, 2.45) is 11.7 Å². The molecule has 2 aliphatic carbocycles. The van der Waals surface area contributed by atoms with Crippen molar-refractivity contribution < 1.29 is 9.53 Å². The van der Waals surface area contributed by atoms with Gasteiger partial charge in [-0.05, 0) is 31.1 Å². The number of nitrogens with two attached hydrogens (primary N) is 3. The van der Waals surface area contributed by atoms with E-state index in [1.165, 1.54) is 17.7 Å². The van der Waals surface area contributed by atoms with E-state index in [9.17, 15) is 4.79 Å². The maximum absolute atomic E-state index is 10.8. The van der Waals surface area contributed by atoms with Crippen LogP contribution in [0, 0.1) is 5.92 Å². The van der Waals surface area contributed by atoms with E-state index in [2.05, 4.69) is 0 Å². The molecular weight excluding hydrogens is 266 g/mol. The number of benzene rings is 1. The van der Waals surface area contributed by atoms with Crippen LogP contribution >= 0.6 is 0 Å². The van der Waals surface area contributed by atoms with Gasteiger partial charge in [0.15, 0.2) is 5.75 Å². The van der Waals surface area contributed by atoms with Crippen LogP contribution in [-0.4, -0.2) is 6.29 Å². The summed E-state index contributed by atoms with van der Waals surface area (Å²) in [6.07, 6.45) is 8.55. The minimum absolute atomic E-state index is 0.324. The standard InChI is InChI=1S/C16H17N3O2/c17-13-7-11(3-1-10-2-4-12(10)13)21-16-14(18)5-9(8-20)6-15(16)19/h1,3,5-8,12H,2,4,17-19H2. The van der Waals surface area contributed by atoms with Crippen LogP contribution in [0.15, 0.2) is 47.4 Å². The number of nitrogen functional groups attached to an aromatic ring is 2. The lowest BCUT2D eigenvalue weighted by Crippen LogP contribution is -2.22. The molecule has 2 aliphatic rings. The molecule has 0 aliphatic heterocycles. The van der Waals surface area contributed by atoms with Crippen LogP contribution in [0.4, 0.5) is 11.4 Å². The summed E-state index contributed by atoms with van der Waals surface area (Å²) in [7, 11) is 0. The molecule has 0 aromatic heterocycles. The smallest absolute Gasteiger partial charge is 0.173 e. The minimum Gasteiger partial charge on any atom is -0.453 e. The molecule has 3 rings (SSSR count). The van der Waals surface area contributed by atoms with Crippen LogP contribution in [0.5, 0.6) is 5.75 Å². The van der Waals surface area contributed by atoms with E-state index in [1.807, 2.05) is 12.2 Å². The first kappa shape index (κ1) is 13.3. The largest absolute Gasteiger partial charge is 0.453 e. The number of anilines is 2. The number of aldehydes is 1. The molecule has 6 N–H and O–H groups in total. The molecule has 1 atom stereocenters. The van der Waals surface area contributed by atoms with Crippen LogP contribution in [0.1, 0.15) is 23.2 Å². The maximum Gasteiger partial charge on any atom is 0.173 e. The van der Waals surface area contributed by atoms with Gasteiger partial charge in [-0.15, -0.1) is 0 Å². The van der Waals surface area contributed by atoms with Crippen molar-refractivity contribution >= 4 is 17.7 Å². The molecule has 21 heavy (non-hydrogen) atoms. The van der Waals surface area contributed by atoms with Crippen molar-refractivity contribution in [3.8, 4) is 5.75 Å². The van der Waals surface area contributed by atoms with Gasteiger partial charge in [-0.2, -0.15) is 0 Å². The first-order valence-corrected chi connectivity index (χ1v) is 6.78. The summed E-state index contributed by atoms with van der Waals surface area (Å²) in [5.41, 5.74) is 21.0. The summed E-state index contributed by atoms with van der Waals surface area (Å²) < 4.78 is 5.79. The zero-order valence-electron chi connectivity index (χ0n) is 11.5. The van der Waals surface area contributed by atoms with E-state index in [-0.39, 0.29) is 0 Å². The molecule has 0 spiro atoms. The molecule has 1 unspecified atom stereocenters. The van der Waals surface area contributed by atoms with Gasteiger partial charge in [0.05, 0.1) is 11.4 Å². The predicted octanol–water partition coefficient (Wildman–Crippen LogP) is 2.12. The highest BCUT2D eigenvalue weighted by atomic mass is 16.5. The molecule has 1 fully saturated rings. The van der Waals surface area contributed by atoms with Crippen LogP contribution in [0.2, 0.25) is 0 Å². The highest BCUT2D eigenvalue weighted by Gasteiger charge is 2.27. The van der Waals surface area contributed by atoms with Gasteiger partial charge in [-0.1, -0.05) is 11.6 Å². The van der Waals surface area contributed by atoms with Crippen LogP contribution in [0.3, 0.4) is 0 Å². The zero-order chi connectivity index (χ0) is 15.0. The maximum atomic E-state index is 10.8. The molecule has 0 amide bonds. The number of hydrogen-bond acceptors (Lipinski definition) is 5. The molecular formula is C16H17N3O2. The summed E-state index contributed by atoms with van der Waals surface area (Å²) in [6, 6.07) is 3.07. The monoisotopic (exact) mass is 283 g/mol. The Morgan fingerprint density at radius 3 is 2.43 bits per heavy atom. The van der Waals surface area contributed by atoms with Gasteiger partial charge >= 0.3 is 0 Å². The fourth-order valence-corrected chi connectivity index (χ4v) is 2.60. The lowest BCUT2D eigenvalue weighted by atomic mass is 9.77. The van der Waals surface area contributed by atoms with Gasteiger partial charge in [0, 0.05) is 23.3 Å². The average molecular weight is 283 g/mol. The quantitative estimate of drug-likeness (QED) is 0.582. The van der Waals surface area contributed by atoms with Gasteiger partial charge in [0.25, 0.3) is 0 Å². The van der Waals surface area contributed by atoms with E-state index in [0.29, 0.717) is 40.7 Å². The first-order valence-electron chi connectivity index (χ1n) is 6.78. The number of allylic oxidation sites excluding steroid dienone is 4. The minimum atomic E-state index is 0.324. The third kappa shape index (κ3) is 2.38. The Hall–Kier alpha value is -2.69. The van der Waals surface area contributed by atoms with E-state index >= 15 is 0 Å². The van der Waals surface area contributed by atoms with Crippen LogP contribution in [0.25, 0.3) is 0 Å². The number of carbonyl (C=O) groups is 1. The predicted molar refractivity (Wildman–Crippen MR) is 82.4 cm³/mol. The molecule has 5 heteroatoms. The number of carbonyl (C=O) groups excluding carboxylic acids is 1. The van der Waals surface area contributed by atoms with Crippen LogP contribution in [-0.2, 0) is 0 Å². The highest BCUT2D eigenvalue weighted by Crippen LogP contribution is 2.40. The number of rotatable bonds is 3. The second kappa shape index (κ2) is 5.01. The van der Waals surface area contributed by atoms with Crippen molar-refractivity contribution in [1.29, 1.82) is 0 Å². The van der Waals surface area contributed by atoms with Gasteiger partial charge in [-0.25, -0.2) is 0 Å². The second-order valence-electron chi connectivity index (χ2n) is 5.29. The van der Waals surface area contributed by atoms with Crippen LogP contribution < -0.4 is 21.9 Å². The SMILES string of the molecule is NC1=CC(Oc2c(N)cc(C=O)cc2N)=CC=C2CCC12. The van der Waals surface area contributed by atoms with Crippen molar-refractivity contribution in [1.82, 2.24) is 0 Å². The molecule has 5 nitrogen and oxygen atoms in total. The third-order valence-electron chi connectivity index (χ3n) is 3.87. The summed E-state index contributed by atoms with van der Waals surface area (Å²) >= 11 is 0. The normalized spacial score (nSPS) is 20.2. The molecule has 1 aromatic rings. The van der Waals surface area contributed by atoms with Gasteiger partial charge < -0.3 is 21.9 Å². The average Bonchev–Trinajstić information content (AvgIpc) is 2.50. The lowest BCUT2D eigenvalue weighted by Gasteiger charge is -2.29. The van der Waals surface area contributed by atoms with E-state index in [1.54, 1.807) is 6.08 Å². The lowest BCUT2D eigenvalue weighted by molar-refractivity contribution is 0.112. The molecule has 108 valence electrons. The fourth-order valence-electron chi connectivity index (χ4n) is 2.60. The highest BCUT2D eigenvalue weighted by molar-refractivity contribution is 5.83. The van der Waals surface area contributed by atoms with Gasteiger partial charge in [0.1, 0.15) is 12.0 Å². The van der Waals surface area contributed by atoms with E-state index in [4.69, 9.17) is 21.9 Å². The van der Waals surface area contributed by atoms with Gasteiger partial charge in [-0.3, -0.25) is 4.79 Å². The molecule has 0 bridgehead atoms. The summed E-state index contributed by atoms with van der Waals surface area (Å²) in [6.45, 7) is 0. The molecule has 0 heterocycles. The zero-order valence-corrected chi connectivity index (χ0v) is 11.5. The Morgan fingerprint density at radius 1 is 1.14 bits per heavy atom. The molecule has 0 saturated heterocycles. The summed E-state index contributed by atoms with van der Waals surface area (Å²) in [5.74, 6) is 1.27. The van der Waals surface area contributed by atoms with E-state index < -0.39 is 0 Å². The number of hydrogen-bond donors (Lipinski definition) is 3. The second-order valence-corrected chi connectivity index (χ2v) is 5.29. The summed E-state index contributed by atoms with van der Waals surface area (Å²) in [4.78, 5) is 10.8. The molecule has 1 aromatic carbocycles. The number of fused-ring (bicyclic) bond motifs is 1. The van der Waals surface area contributed by atoms with Crippen molar-refractivity contribution in [2.45, 2.75) is 12.8 Å². The topological polar surface area (TPSA) is 104 Å². The third-order valence-corrected chi connectivity index (χ3v) is 3.87. The number of ether oxygens (including phenoxy) is 1. The van der Waals surface area contributed by atoms with Crippen molar-refractivity contribution in [2.75, 3.05) is 11.5 Å². The van der Waals surface area contributed by atoms with Gasteiger partial charge in [0.2, 0.25) is 0 Å². The molecule has 0 radical (unpaired) electrons. The Morgan fingerprint density at radius 2 is 1.86 bits per heavy atom. The Kier molecular flexibility index (Phi) is 3.17. The molecule has 1 saturated carbocycles. The summed E-state index contributed by atoms with van der Waals surface area (Å²) in [5, 5.41) is 0. The first-order chi connectivity index (χ1) is 10.1. The Labute approximate surface area is 122 Å². The Bertz CT molecular complexity index is 678. The Balaban J connectivity index is 1.92. The van der Waals surface area contributed by atoms with Crippen molar-refractivity contribution in [3.05, 3.63) is 53.0 Å². The fraction of sp³-hybridized carbons (Fsp3) is 0.188. The van der Waals surface area contributed by atoms with Crippen molar-refractivity contribution in [3.63, 3.8) is 0 Å². The van der Waals surface area contributed by atoms with E-state index in [0.717, 1.165) is 18.5 Å².